The van der Waals surface area contributed by atoms with Crippen LogP contribution in [0.1, 0.15) is 43.0 Å². The van der Waals surface area contributed by atoms with E-state index >= 15 is 0 Å². The van der Waals surface area contributed by atoms with Crippen LogP contribution >= 0.6 is 27.3 Å². The number of piperazine rings is 1. The van der Waals surface area contributed by atoms with Crippen LogP contribution in [0, 0.1) is 11.8 Å². The zero-order chi connectivity index (χ0) is 24.3. The molecular weight excluding hydrogens is 538 g/mol. The molecule has 1 aliphatic carbocycles. The lowest BCUT2D eigenvalue weighted by Crippen LogP contribution is -2.50. The number of ketones is 1. The molecule has 7 nitrogen and oxygen atoms in total. The van der Waals surface area contributed by atoms with Gasteiger partial charge < -0.3 is 9.80 Å². The van der Waals surface area contributed by atoms with Gasteiger partial charge in [-0.1, -0.05) is 0 Å². The van der Waals surface area contributed by atoms with E-state index < -0.39 is 10.0 Å². The number of carbonyl (C=O) groups is 2. The first-order valence-corrected chi connectivity index (χ1v) is 14.7. The molecule has 1 aliphatic heterocycles. The van der Waals surface area contributed by atoms with Crippen molar-refractivity contribution < 1.29 is 18.0 Å². The van der Waals surface area contributed by atoms with E-state index in [2.05, 4.69) is 25.6 Å². The van der Waals surface area contributed by atoms with Crippen LogP contribution in [0.2, 0.25) is 0 Å². The van der Waals surface area contributed by atoms with Crippen LogP contribution < -0.4 is 9.62 Å². The molecule has 1 saturated heterocycles. The number of nitrogens with one attached hydrogen (secondary N) is 1. The highest BCUT2D eigenvalue weighted by atomic mass is 79.9. The molecule has 2 aliphatic rings. The van der Waals surface area contributed by atoms with Gasteiger partial charge in [0.2, 0.25) is 15.9 Å². The first-order chi connectivity index (χ1) is 16.2. The fraction of sp³-hybridized carbons (Fsp3) is 0.500. The van der Waals surface area contributed by atoms with Crippen molar-refractivity contribution in [1.82, 2.24) is 9.62 Å². The Hall–Kier alpha value is -1.75. The highest BCUT2D eigenvalue weighted by Crippen LogP contribution is 2.31. The second-order valence-electron chi connectivity index (χ2n) is 9.04. The summed E-state index contributed by atoms with van der Waals surface area (Å²) in [5, 5.41) is 0. The second kappa shape index (κ2) is 10.9. The van der Waals surface area contributed by atoms with E-state index in [0.717, 1.165) is 48.2 Å². The van der Waals surface area contributed by atoms with E-state index in [0.29, 0.717) is 29.4 Å². The van der Waals surface area contributed by atoms with Gasteiger partial charge in [-0.2, -0.15) is 0 Å². The number of sulfonamides is 1. The molecule has 1 N–H and O–H groups in total. The molecule has 0 spiro atoms. The molecule has 0 bridgehead atoms. The Kier molecular flexibility index (Phi) is 8.12. The Morgan fingerprint density at radius 3 is 2.21 bits per heavy atom. The van der Waals surface area contributed by atoms with Crippen molar-refractivity contribution in [1.29, 1.82) is 0 Å². The summed E-state index contributed by atoms with van der Waals surface area (Å²) in [6.45, 7) is 4.94. The standard InChI is InChI=1S/C24H30BrN3O4S2/c1-17(29)19-6-8-21(9-7-19)27-12-14-28(15-13-27)24(30)20-4-2-18(3-5-20)16-26-34(31,32)23-11-10-22(25)33-23/h6-11,18,20,26H,2-5,12-16H2,1H3. The summed E-state index contributed by atoms with van der Waals surface area (Å²) >= 11 is 4.50. The first-order valence-electron chi connectivity index (χ1n) is 11.6. The number of hydrogen-bond acceptors (Lipinski definition) is 6. The maximum Gasteiger partial charge on any atom is 0.250 e. The van der Waals surface area contributed by atoms with Gasteiger partial charge in [-0.05, 0) is 90.9 Å². The van der Waals surface area contributed by atoms with Gasteiger partial charge in [-0.15, -0.1) is 11.3 Å². The molecule has 1 aromatic heterocycles. The summed E-state index contributed by atoms with van der Waals surface area (Å²) in [6, 6.07) is 11.0. The molecule has 10 heteroatoms. The molecule has 2 aromatic rings. The third-order valence-corrected chi connectivity index (χ3v) is 10.3. The van der Waals surface area contributed by atoms with Gasteiger partial charge in [0.25, 0.3) is 0 Å². The van der Waals surface area contributed by atoms with E-state index in [9.17, 15) is 18.0 Å². The molecular formula is C24H30BrN3O4S2. The van der Waals surface area contributed by atoms with Crippen LogP contribution in [-0.2, 0) is 14.8 Å². The van der Waals surface area contributed by atoms with Gasteiger partial charge in [-0.3, -0.25) is 9.59 Å². The second-order valence-corrected chi connectivity index (χ2v) is 13.5. The maximum absolute atomic E-state index is 13.1. The van der Waals surface area contributed by atoms with Gasteiger partial charge in [0.05, 0.1) is 3.79 Å². The van der Waals surface area contributed by atoms with Crippen LogP contribution in [-0.4, -0.2) is 57.7 Å². The van der Waals surface area contributed by atoms with E-state index in [4.69, 9.17) is 0 Å². The Bertz CT molecular complexity index is 1120. The van der Waals surface area contributed by atoms with Crippen molar-refractivity contribution in [3.05, 3.63) is 45.7 Å². The highest BCUT2D eigenvalue weighted by Gasteiger charge is 2.31. The lowest BCUT2D eigenvalue weighted by Gasteiger charge is -2.39. The number of carbonyl (C=O) groups excluding carboxylic acids is 2. The Labute approximate surface area is 213 Å². The molecule has 1 aromatic carbocycles. The Morgan fingerprint density at radius 2 is 1.65 bits per heavy atom. The molecule has 4 rings (SSSR count). The molecule has 1 amide bonds. The van der Waals surface area contributed by atoms with Crippen molar-refractivity contribution in [2.75, 3.05) is 37.6 Å². The van der Waals surface area contributed by atoms with Crippen LogP contribution in [0.15, 0.2) is 44.4 Å². The number of halogens is 1. The fourth-order valence-corrected chi connectivity index (χ4v) is 7.88. The SMILES string of the molecule is CC(=O)c1ccc(N2CCN(C(=O)C3CCC(CNS(=O)(=O)c4ccc(Br)s4)CC3)CC2)cc1. The number of Topliss-reactive ketones (excluding diaryl/α,β-unsaturated/α-hetero) is 1. The maximum atomic E-state index is 13.1. The number of hydrogen-bond donors (Lipinski definition) is 1. The van der Waals surface area contributed by atoms with Crippen molar-refractivity contribution in [3.63, 3.8) is 0 Å². The number of anilines is 1. The predicted octanol–water partition coefficient (Wildman–Crippen LogP) is 4.15. The smallest absolute Gasteiger partial charge is 0.250 e. The third-order valence-electron chi connectivity index (χ3n) is 6.80. The lowest BCUT2D eigenvalue weighted by atomic mass is 9.81. The molecule has 0 unspecified atom stereocenters. The van der Waals surface area contributed by atoms with Crippen LogP contribution in [0.5, 0.6) is 0 Å². The topological polar surface area (TPSA) is 86.8 Å². The quantitative estimate of drug-likeness (QED) is 0.508. The van der Waals surface area contributed by atoms with E-state index in [1.165, 1.54) is 11.3 Å². The van der Waals surface area contributed by atoms with E-state index in [-0.39, 0.29) is 23.5 Å². The summed E-state index contributed by atoms with van der Waals surface area (Å²) in [6.07, 6.45) is 3.33. The number of rotatable bonds is 7. The Balaban J connectivity index is 1.21. The largest absolute Gasteiger partial charge is 0.368 e. The zero-order valence-electron chi connectivity index (χ0n) is 19.2. The minimum atomic E-state index is -3.48. The molecule has 2 heterocycles. The van der Waals surface area contributed by atoms with E-state index in [1.807, 2.05) is 29.2 Å². The van der Waals surface area contributed by atoms with Gasteiger partial charge in [0, 0.05) is 49.9 Å². The van der Waals surface area contributed by atoms with Crippen molar-refractivity contribution >= 4 is 54.7 Å². The average Bonchev–Trinajstić information content (AvgIpc) is 3.30. The molecule has 0 atom stereocenters. The zero-order valence-corrected chi connectivity index (χ0v) is 22.4. The number of thiophene rings is 1. The summed E-state index contributed by atoms with van der Waals surface area (Å²) in [4.78, 5) is 28.8. The van der Waals surface area contributed by atoms with E-state index in [1.54, 1.807) is 19.1 Å². The Morgan fingerprint density at radius 1 is 1.00 bits per heavy atom. The average molecular weight is 569 g/mol. The van der Waals surface area contributed by atoms with Crippen molar-refractivity contribution in [3.8, 4) is 0 Å². The van der Waals surface area contributed by atoms with Gasteiger partial charge >= 0.3 is 0 Å². The summed E-state index contributed by atoms with van der Waals surface area (Å²) in [7, 11) is -3.48. The number of nitrogens with zero attached hydrogens (tertiary/aromatic N) is 2. The molecule has 34 heavy (non-hydrogen) atoms. The molecule has 184 valence electrons. The summed E-state index contributed by atoms with van der Waals surface area (Å²) in [5.41, 5.74) is 1.79. The lowest BCUT2D eigenvalue weighted by molar-refractivity contribution is -0.137. The fourth-order valence-electron chi connectivity index (χ4n) is 4.70. The number of amides is 1. The van der Waals surface area contributed by atoms with Gasteiger partial charge in [0.1, 0.15) is 4.21 Å². The minimum absolute atomic E-state index is 0.0301. The van der Waals surface area contributed by atoms with Crippen molar-refractivity contribution in [2.24, 2.45) is 11.8 Å². The summed E-state index contributed by atoms with van der Waals surface area (Å²) in [5.74, 6) is 0.582. The van der Waals surface area contributed by atoms with Crippen LogP contribution in [0.25, 0.3) is 0 Å². The highest BCUT2D eigenvalue weighted by molar-refractivity contribution is 9.11. The number of benzene rings is 1. The monoisotopic (exact) mass is 567 g/mol. The molecule has 1 saturated carbocycles. The van der Waals surface area contributed by atoms with Gasteiger partial charge in [-0.25, -0.2) is 13.1 Å². The van der Waals surface area contributed by atoms with Crippen LogP contribution in [0.4, 0.5) is 5.69 Å². The van der Waals surface area contributed by atoms with Gasteiger partial charge in [0.15, 0.2) is 5.78 Å². The normalized spacial score (nSPS) is 21.5. The molecule has 2 fully saturated rings. The minimum Gasteiger partial charge on any atom is -0.368 e. The van der Waals surface area contributed by atoms with Crippen molar-refractivity contribution in [2.45, 2.75) is 36.8 Å². The van der Waals surface area contributed by atoms with Crippen LogP contribution in [0.3, 0.4) is 0 Å². The summed E-state index contributed by atoms with van der Waals surface area (Å²) < 4.78 is 28.7. The predicted molar refractivity (Wildman–Crippen MR) is 138 cm³/mol. The third kappa shape index (κ3) is 6.08. The first kappa shape index (κ1) is 25.3. The molecule has 0 radical (unpaired) electrons.